The van der Waals surface area contributed by atoms with Gasteiger partial charge in [0.2, 0.25) is 0 Å². The Labute approximate surface area is 280 Å². The van der Waals surface area contributed by atoms with Gasteiger partial charge in [-0.15, -0.1) is 0 Å². The highest BCUT2D eigenvalue weighted by atomic mass is 16.5. The third-order valence-corrected chi connectivity index (χ3v) is 8.25. The van der Waals surface area contributed by atoms with Gasteiger partial charge in [0, 0.05) is 28.5 Å². The van der Waals surface area contributed by atoms with Crippen molar-refractivity contribution in [3.8, 4) is 11.4 Å². The average molecular weight is 641 g/mol. The van der Waals surface area contributed by atoms with Gasteiger partial charge in [-0.1, -0.05) is 51.1 Å². The van der Waals surface area contributed by atoms with E-state index >= 15 is 0 Å². The third-order valence-electron chi connectivity index (χ3n) is 8.25. The molecule has 0 bridgehead atoms. The van der Waals surface area contributed by atoms with Crippen LogP contribution in [0.2, 0.25) is 0 Å². The number of anilines is 4. The van der Waals surface area contributed by atoms with Crippen molar-refractivity contribution in [2.24, 2.45) is 0 Å². The molecule has 6 aromatic rings. The Morgan fingerprint density at radius 3 is 2.35 bits per heavy atom. The molecule has 0 unspecified atom stereocenters. The quantitative estimate of drug-likeness (QED) is 0.152. The summed E-state index contributed by atoms with van der Waals surface area (Å²) in [5.74, 6) is 2.56. The van der Waals surface area contributed by atoms with Gasteiger partial charge in [0.25, 0.3) is 0 Å². The van der Waals surface area contributed by atoms with Crippen molar-refractivity contribution in [2.45, 2.75) is 60.5 Å². The van der Waals surface area contributed by atoms with Crippen molar-refractivity contribution in [3.05, 3.63) is 119 Å². The van der Waals surface area contributed by atoms with Crippen molar-refractivity contribution in [1.29, 1.82) is 0 Å². The Bertz CT molecular complexity index is 2130. The molecule has 0 atom stereocenters. The van der Waals surface area contributed by atoms with Gasteiger partial charge in [0.05, 0.1) is 34.7 Å². The molecule has 0 aliphatic carbocycles. The molecule has 0 radical (unpaired) electrons. The number of carbonyl (C=O) groups is 1. The molecule has 2 amide bonds. The summed E-state index contributed by atoms with van der Waals surface area (Å²) in [7, 11) is 0. The van der Waals surface area contributed by atoms with Gasteiger partial charge < -0.3 is 15.4 Å². The number of urea groups is 1. The fourth-order valence-electron chi connectivity index (χ4n) is 5.19. The smallest absolute Gasteiger partial charge is 0.324 e. The van der Waals surface area contributed by atoms with E-state index in [-0.39, 0.29) is 11.4 Å². The maximum Gasteiger partial charge on any atom is 0.324 e. The Hall–Kier alpha value is -5.77. The van der Waals surface area contributed by atoms with E-state index in [0.29, 0.717) is 35.5 Å². The minimum atomic E-state index is -0.371. The second-order valence-corrected chi connectivity index (χ2v) is 13.0. The standard InChI is InChI=1S/C38H40N8O2/c1-23-12-13-28(18-24(23)2)46-36(20-33(45-46)38(5,6)7)44-37(47)42-31-14-15-32(30-11-9-8-10-29(30)31)48-22-27-16-17-39-34(19-27)43-35-21-40-25(3)26(4)41-35/h8-21H,22H2,1-7H3,(H,39,41,43)(H2,42,44,47). The van der Waals surface area contributed by atoms with Crippen molar-refractivity contribution in [2.75, 3.05) is 16.0 Å². The molecule has 3 aromatic heterocycles. The van der Waals surface area contributed by atoms with E-state index in [4.69, 9.17) is 9.84 Å². The third kappa shape index (κ3) is 7.12. The lowest BCUT2D eigenvalue weighted by Gasteiger charge is -2.15. The molecule has 6 rings (SSSR count). The highest BCUT2D eigenvalue weighted by molar-refractivity contribution is 6.07. The van der Waals surface area contributed by atoms with Gasteiger partial charge in [-0.3, -0.25) is 10.3 Å². The first-order chi connectivity index (χ1) is 22.9. The second kappa shape index (κ2) is 13.2. The van der Waals surface area contributed by atoms with Crippen molar-refractivity contribution in [1.82, 2.24) is 24.7 Å². The fourth-order valence-corrected chi connectivity index (χ4v) is 5.19. The Balaban J connectivity index is 1.19. The number of benzene rings is 3. The molecule has 48 heavy (non-hydrogen) atoms. The van der Waals surface area contributed by atoms with Crippen LogP contribution in [0.15, 0.2) is 85.2 Å². The fraction of sp³-hybridized carbons (Fsp3) is 0.237. The van der Waals surface area contributed by atoms with Gasteiger partial charge >= 0.3 is 6.03 Å². The zero-order chi connectivity index (χ0) is 34.0. The molecule has 0 fully saturated rings. The molecule has 0 saturated heterocycles. The number of ether oxygens (including phenoxy) is 1. The van der Waals surface area contributed by atoms with Gasteiger partial charge in [0.1, 0.15) is 29.8 Å². The van der Waals surface area contributed by atoms with Gasteiger partial charge in [-0.25, -0.2) is 19.4 Å². The predicted octanol–water partition coefficient (Wildman–Crippen LogP) is 8.71. The van der Waals surface area contributed by atoms with Crippen LogP contribution in [0.1, 0.15) is 54.5 Å². The predicted molar refractivity (Wildman–Crippen MR) is 192 cm³/mol. The Morgan fingerprint density at radius 1 is 0.812 bits per heavy atom. The lowest BCUT2D eigenvalue weighted by molar-refractivity contribution is 0.262. The van der Waals surface area contributed by atoms with Crippen molar-refractivity contribution in [3.63, 3.8) is 0 Å². The highest BCUT2D eigenvalue weighted by Crippen LogP contribution is 2.33. The lowest BCUT2D eigenvalue weighted by atomic mass is 9.92. The van der Waals surface area contributed by atoms with Crippen molar-refractivity contribution < 1.29 is 9.53 Å². The molecule has 3 heterocycles. The van der Waals surface area contributed by atoms with Gasteiger partial charge in [0.15, 0.2) is 0 Å². The zero-order valence-corrected chi connectivity index (χ0v) is 28.3. The zero-order valence-electron chi connectivity index (χ0n) is 28.3. The van der Waals surface area contributed by atoms with E-state index in [1.54, 1.807) is 17.1 Å². The maximum atomic E-state index is 13.5. The van der Waals surface area contributed by atoms with Crippen LogP contribution in [-0.2, 0) is 12.0 Å². The van der Waals surface area contributed by atoms with Crippen molar-refractivity contribution >= 4 is 39.9 Å². The largest absolute Gasteiger partial charge is 0.488 e. The maximum absolute atomic E-state index is 13.5. The molecular formula is C38H40N8O2. The number of rotatable bonds is 8. The van der Waals surface area contributed by atoms with Crippen LogP contribution in [0.3, 0.4) is 0 Å². The number of nitrogens with one attached hydrogen (secondary N) is 3. The summed E-state index contributed by atoms with van der Waals surface area (Å²) in [6, 6.07) is 23.1. The minimum absolute atomic E-state index is 0.201. The number of pyridine rings is 1. The number of fused-ring (bicyclic) bond motifs is 1. The summed E-state index contributed by atoms with van der Waals surface area (Å²) in [6.45, 7) is 14.6. The Morgan fingerprint density at radius 2 is 1.60 bits per heavy atom. The van der Waals surface area contributed by atoms with E-state index in [1.165, 1.54) is 5.56 Å². The molecule has 10 heteroatoms. The van der Waals surface area contributed by atoms with E-state index in [0.717, 1.165) is 44.7 Å². The number of hydrogen-bond acceptors (Lipinski definition) is 7. The molecule has 0 spiro atoms. The number of hydrogen-bond donors (Lipinski definition) is 3. The topological polar surface area (TPSA) is 119 Å². The number of nitrogens with zero attached hydrogens (tertiary/aromatic N) is 5. The highest BCUT2D eigenvalue weighted by Gasteiger charge is 2.22. The molecule has 0 aliphatic rings. The summed E-state index contributed by atoms with van der Waals surface area (Å²) < 4.78 is 8.08. The molecular weight excluding hydrogens is 600 g/mol. The van der Waals surface area contributed by atoms with E-state index in [2.05, 4.69) is 77.7 Å². The van der Waals surface area contributed by atoms with E-state index < -0.39 is 0 Å². The number of carbonyl (C=O) groups excluding carboxylic acids is 1. The summed E-state index contributed by atoms with van der Waals surface area (Å²) in [5.41, 5.74) is 7.25. The summed E-state index contributed by atoms with van der Waals surface area (Å²) in [6.07, 6.45) is 3.42. The lowest BCUT2D eigenvalue weighted by Crippen LogP contribution is -2.21. The van der Waals surface area contributed by atoms with Crippen LogP contribution in [-0.4, -0.2) is 30.8 Å². The van der Waals surface area contributed by atoms with Crippen LogP contribution in [0.25, 0.3) is 16.5 Å². The van der Waals surface area contributed by atoms with Crippen LogP contribution < -0.4 is 20.7 Å². The number of aromatic nitrogens is 5. The average Bonchev–Trinajstić information content (AvgIpc) is 3.48. The summed E-state index contributed by atoms with van der Waals surface area (Å²) >= 11 is 0. The SMILES string of the molecule is Cc1ccc(-n2nc(C(C)(C)C)cc2NC(=O)Nc2ccc(OCc3ccnc(Nc4cnc(C)c(C)n4)c3)c3ccccc23)cc1C. The monoisotopic (exact) mass is 640 g/mol. The normalized spacial score (nSPS) is 11.4. The van der Waals surface area contributed by atoms with Crippen LogP contribution in [0.5, 0.6) is 5.75 Å². The molecule has 10 nitrogen and oxygen atoms in total. The van der Waals surface area contributed by atoms with Crippen LogP contribution >= 0.6 is 0 Å². The van der Waals surface area contributed by atoms with E-state index in [9.17, 15) is 4.79 Å². The first-order valence-corrected chi connectivity index (χ1v) is 15.9. The summed E-state index contributed by atoms with van der Waals surface area (Å²) in [4.78, 5) is 26.8. The van der Waals surface area contributed by atoms with Crippen LogP contribution in [0, 0.1) is 27.7 Å². The van der Waals surface area contributed by atoms with Gasteiger partial charge in [-0.05, 0) is 80.8 Å². The number of amides is 2. The first-order valence-electron chi connectivity index (χ1n) is 15.9. The molecule has 3 aromatic carbocycles. The first kappa shape index (κ1) is 32.2. The minimum Gasteiger partial charge on any atom is -0.488 e. The van der Waals surface area contributed by atoms with E-state index in [1.807, 2.05) is 74.5 Å². The van der Waals surface area contributed by atoms with Crippen LogP contribution in [0.4, 0.5) is 27.9 Å². The molecule has 0 saturated carbocycles. The Kier molecular flexibility index (Phi) is 8.82. The second-order valence-electron chi connectivity index (χ2n) is 13.0. The molecule has 0 aliphatic heterocycles. The molecule has 3 N–H and O–H groups in total. The summed E-state index contributed by atoms with van der Waals surface area (Å²) in [5, 5.41) is 15.9. The molecule has 244 valence electrons. The van der Waals surface area contributed by atoms with Gasteiger partial charge in [-0.2, -0.15) is 5.10 Å². The number of aryl methyl sites for hydroxylation is 4.